The summed E-state index contributed by atoms with van der Waals surface area (Å²) in [5.41, 5.74) is 4.12. The van der Waals surface area contributed by atoms with E-state index in [1.807, 2.05) is 12.1 Å². The quantitative estimate of drug-likeness (QED) is 0.510. The molecule has 30 heavy (non-hydrogen) atoms. The normalized spacial score (nSPS) is 18.9. The van der Waals surface area contributed by atoms with Gasteiger partial charge >= 0.3 is 5.97 Å². The van der Waals surface area contributed by atoms with Crippen LogP contribution in [0.25, 0.3) is 11.3 Å². The van der Waals surface area contributed by atoms with Crippen molar-refractivity contribution in [3.8, 4) is 17.1 Å². The molecule has 0 saturated heterocycles. The summed E-state index contributed by atoms with van der Waals surface area (Å²) in [6.07, 6.45) is 5.26. The van der Waals surface area contributed by atoms with E-state index in [-0.39, 0.29) is 30.9 Å². The lowest BCUT2D eigenvalue weighted by molar-refractivity contribution is 0.0508. The number of aliphatic hydroxyl groups excluding tert-OH is 1. The number of aromatic amines is 2. The summed E-state index contributed by atoms with van der Waals surface area (Å²) in [5, 5.41) is 26.9. The van der Waals surface area contributed by atoms with Crippen molar-refractivity contribution >= 4 is 5.97 Å². The van der Waals surface area contributed by atoms with Gasteiger partial charge in [-0.25, -0.2) is 9.89 Å². The van der Waals surface area contributed by atoms with Crippen molar-refractivity contribution in [2.24, 2.45) is 0 Å². The minimum Gasteiger partial charge on any atom is -0.472 e. The highest BCUT2D eigenvalue weighted by Crippen LogP contribution is 2.36. The summed E-state index contributed by atoms with van der Waals surface area (Å²) in [6.45, 7) is 1.99. The van der Waals surface area contributed by atoms with Gasteiger partial charge in [-0.1, -0.05) is 28.5 Å². The molecule has 2 aromatic heterocycles. The number of carbonyl (C=O) groups is 1. The third kappa shape index (κ3) is 4.20. The van der Waals surface area contributed by atoms with Gasteiger partial charge in [-0.15, -0.1) is 0 Å². The molecular formula is C21H25N5O4. The number of rotatable bonds is 7. The maximum Gasteiger partial charge on any atom is 0.362 e. The van der Waals surface area contributed by atoms with Crippen LogP contribution in [0.1, 0.15) is 60.1 Å². The smallest absolute Gasteiger partial charge is 0.362 e. The predicted octanol–water partition coefficient (Wildman–Crippen LogP) is 2.97. The van der Waals surface area contributed by atoms with Gasteiger partial charge in [-0.2, -0.15) is 5.10 Å². The number of hydrogen-bond acceptors (Lipinski definition) is 7. The Hall–Kier alpha value is -3.20. The Kier molecular flexibility index (Phi) is 6.08. The third-order valence-electron chi connectivity index (χ3n) is 5.51. The van der Waals surface area contributed by atoms with E-state index in [4.69, 9.17) is 9.47 Å². The van der Waals surface area contributed by atoms with Crippen molar-refractivity contribution in [1.29, 1.82) is 0 Å². The van der Waals surface area contributed by atoms with Crippen LogP contribution in [0.15, 0.2) is 30.5 Å². The lowest BCUT2D eigenvalue weighted by atomic mass is 9.81. The average Bonchev–Trinajstić information content (AvgIpc) is 3.46. The van der Waals surface area contributed by atoms with Crippen LogP contribution in [0.3, 0.4) is 0 Å². The van der Waals surface area contributed by atoms with E-state index in [1.54, 1.807) is 13.1 Å². The number of hydrogen-bond donors (Lipinski definition) is 3. The molecule has 0 aliphatic heterocycles. The number of carbonyl (C=O) groups excluding carboxylic acids is 1. The summed E-state index contributed by atoms with van der Waals surface area (Å²) >= 11 is 0. The van der Waals surface area contributed by atoms with E-state index in [9.17, 15) is 9.90 Å². The fourth-order valence-electron chi connectivity index (χ4n) is 3.98. The standard InChI is InChI=1S/C21H25N5O4/c1-2-29-21(28)19-20(25-26-24-19)30-16-6-3-13(4-7-16)14-5-8-17(15(11-14)12-27)18-9-10-22-23-18/h5,8-11,13,16,27H,2-4,6-7,12H2,1H3,(H,22,23)(H,24,25,26). The van der Waals surface area contributed by atoms with Crippen LogP contribution in [0.5, 0.6) is 5.88 Å². The molecule has 0 atom stereocenters. The molecule has 0 bridgehead atoms. The Morgan fingerprint density at radius 2 is 2.03 bits per heavy atom. The second-order valence-electron chi connectivity index (χ2n) is 7.35. The minimum atomic E-state index is -0.514. The van der Waals surface area contributed by atoms with Crippen LogP contribution >= 0.6 is 0 Å². The fraction of sp³-hybridized carbons (Fsp3) is 0.429. The van der Waals surface area contributed by atoms with Gasteiger partial charge < -0.3 is 14.6 Å². The van der Waals surface area contributed by atoms with Gasteiger partial charge in [0.2, 0.25) is 5.69 Å². The van der Waals surface area contributed by atoms with Gasteiger partial charge in [0.1, 0.15) is 6.10 Å². The highest BCUT2D eigenvalue weighted by molar-refractivity contribution is 5.89. The van der Waals surface area contributed by atoms with Crippen LogP contribution in [-0.4, -0.2) is 49.4 Å². The van der Waals surface area contributed by atoms with Gasteiger partial charge in [-0.3, -0.25) is 5.10 Å². The van der Waals surface area contributed by atoms with Crippen molar-refractivity contribution < 1.29 is 19.4 Å². The number of H-pyrrole nitrogens is 2. The molecule has 0 amide bonds. The van der Waals surface area contributed by atoms with Gasteiger partial charge in [0.15, 0.2) is 0 Å². The number of aliphatic hydroxyl groups is 1. The summed E-state index contributed by atoms with van der Waals surface area (Å²) in [4.78, 5) is 11.9. The van der Waals surface area contributed by atoms with E-state index in [2.05, 4.69) is 37.7 Å². The Morgan fingerprint density at radius 1 is 1.20 bits per heavy atom. The van der Waals surface area contributed by atoms with Crippen LogP contribution < -0.4 is 4.74 Å². The zero-order valence-corrected chi connectivity index (χ0v) is 16.8. The molecule has 1 fully saturated rings. The molecule has 9 heteroatoms. The molecule has 9 nitrogen and oxygen atoms in total. The molecule has 1 saturated carbocycles. The number of ether oxygens (including phenoxy) is 2. The lowest BCUT2D eigenvalue weighted by Gasteiger charge is -2.29. The van der Waals surface area contributed by atoms with Crippen LogP contribution in [-0.2, 0) is 11.3 Å². The zero-order valence-electron chi connectivity index (χ0n) is 16.8. The molecule has 3 N–H and O–H groups in total. The highest BCUT2D eigenvalue weighted by atomic mass is 16.5. The molecule has 4 rings (SSSR count). The Balaban J connectivity index is 1.39. The average molecular weight is 411 g/mol. The van der Waals surface area contributed by atoms with Crippen LogP contribution in [0, 0.1) is 0 Å². The van der Waals surface area contributed by atoms with E-state index < -0.39 is 5.97 Å². The molecule has 3 aromatic rings. The number of benzene rings is 1. The number of nitrogens with one attached hydrogen (secondary N) is 2. The molecule has 0 radical (unpaired) electrons. The largest absolute Gasteiger partial charge is 0.472 e. The zero-order chi connectivity index (χ0) is 20.9. The molecule has 158 valence electrons. The maximum absolute atomic E-state index is 11.9. The molecule has 0 unspecified atom stereocenters. The number of esters is 1. The van der Waals surface area contributed by atoms with Gasteiger partial charge in [0.05, 0.1) is 18.9 Å². The molecular weight excluding hydrogens is 386 g/mol. The summed E-state index contributed by atoms with van der Waals surface area (Å²) in [7, 11) is 0. The third-order valence-corrected chi connectivity index (χ3v) is 5.51. The maximum atomic E-state index is 11.9. The first kappa shape index (κ1) is 20.1. The molecule has 1 aliphatic carbocycles. The summed E-state index contributed by atoms with van der Waals surface area (Å²) in [5.74, 6) is 0.0799. The summed E-state index contributed by atoms with van der Waals surface area (Å²) in [6, 6.07) is 8.14. The first-order valence-electron chi connectivity index (χ1n) is 10.2. The predicted molar refractivity (Wildman–Crippen MR) is 108 cm³/mol. The van der Waals surface area contributed by atoms with Crippen molar-refractivity contribution in [3.05, 3.63) is 47.3 Å². The first-order chi connectivity index (χ1) is 14.7. The van der Waals surface area contributed by atoms with Gasteiger partial charge in [0.25, 0.3) is 5.88 Å². The fourth-order valence-corrected chi connectivity index (χ4v) is 3.98. The molecule has 1 aromatic carbocycles. The lowest BCUT2D eigenvalue weighted by Crippen LogP contribution is -2.24. The number of aromatic nitrogens is 5. The van der Waals surface area contributed by atoms with E-state index >= 15 is 0 Å². The minimum absolute atomic E-state index is 0.0244. The van der Waals surface area contributed by atoms with Gasteiger partial charge in [0, 0.05) is 11.8 Å². The second kappa shape index (κ2) is 9.08. The topological polar surface area (TPSA) is 126 Å². The molecule has 0 spiro atoms. The first-order valence-corrected chi connectivity index (χ1v) is 10.2. The second-order valence-corrected chi connectivity index (χ2v) is 7.35. The number of nitrogens with zero attached hydrogens (tertiary/aromatic N) is 3. The van der Waals surface area contributed by atoms with Crippen molar-refractivity contribution in [3.63, 3.8) is 0 Å². The van der Waals surface area contributed by atoms with Crippen molar-refractivity contribution in [2.75, 3.05) is 6.61 Å². The van der Waals surface area contributed by atoms with Gasteiger partial charge in [-0.05, 0) is 55.7 Å². The van der Waals surface area contributed by atoms with Crippen LogP contribution in [0.2, 0.25) is 0 Å². The van der Waals surface area contributed by atoms with E-state index in [0.29, 0.717) is 5.92 Å². The Morgan fingerprint density at radius 3 is 2.73 bits per heavy atom. The summed E-state index contributed by atoms with van der Waals surface area (Å²) < 4.78 is 10.9. The Labute approximate surface area is 173 Å². The van der Waals surface area contributed by atoms with E-state index in [1.165, 1.54) is 5.56 Å². The molecule has 2 heterocycles. The monoisotopic (exact) mass is 411 g/mol. The van der Waals surface area contributed by atoms with Crippen LogP contribution in [0.4, 0.5) is 0 Å². The van der Waals surface area contributed by atoms with Crippen molar-refractivity contribution in [1.82, 2.24) is 25.6 Å². The van der Waals surface area contributed by atoms with Crippen molar-refractivity contribution in [2.45, 2.75) is 51.2 Å². The SMILES string of the molecule is CCOC(=O)c1[nH]nnc1OC1CCC(c2ccc(-c3ccn[nH]3)c(CO)c2)CC1. The Bertz CT molecular complexity index is 977. The molecule has 1 aliphatic rings. The van der Waals surface area contributed by atoms with E-state index in [0.717, 1.165) is 42.5 Å². The highest BCUT2D eigenvalue weighted by Gasteiger charge is 2.27.